The van der Waals surface area contributed by atoms with Gasteiger partial charge in [-0.2, -0.15) is 0 Å². The van der Waals surface area contributed by atoms with Crippen molar-refractivity contribution in [2.75, 3.05) is 0 Å². The average Bonchev–Trinajstić information content (AvgIpc) is 2.80. The molecule has 0 atom stereocenters. The number of thiocarbonyl (C=S) groups is 1. The summed E-state index contributed by atoms with van der Waals surface area (Å²) in [5.74, 6) is 0.858. The summed E-state index contributed by atoms with van der Waals surface area (Å²) in [7, 11) is 0. The van der Waals surface area contributed by atoms with Gasteiger partial charge < -0.3 is 9.73 Å². The van der Waals surface area contributed by atoms with Gasteiger partial charge in [0.1, 0.15) is 10.7 Å². The predicted octanol–water partition coefficient (Wildman–Crippen LogP) is 3.40. The van der Waals surface area contributed by atoms with Crippen LogP contribution in [0.25, 0.3) is 0 Å². The number of rotatable bonds is 3. The molecule has 0 bridgehead atoms. The van der Waals surface area contributed by atoms with E-state index in [2.05, 4.69) is 5.32 Å². The Balaban J connectivity index is 1.95. The third-order valence-electron chi connectivity index (χ3n) is 2.11. The molecule has 2 rings (SSSR count). The Morgan fingerprint density at radius 2 is 2.00 bits per heavy atom. The monoisotopic (exact) mass is 251 g/mol. The zero-order valence-corrected chi connectivity index (χ0v) is 10.0. The van der Waals surface area contributed by atoms with E-state index in [1.54, 1.807) is 6.26 Å². The normalized spacial score (nSPS) is 10.1. The summed E-state index contributed by atoms with van der Waals surface area (Å²) in [5.41, 5.74) is 0.950. The van der Waals surface area contributed by atoms with Crippen LogP contribution in [0.5, 0.6) is 0 Å². The van der Waals surface area contributed by atoms with E-state index in [1.807, 2.05) is 36.4 Å². The van der Waals surface area contributed by atoms with Gasteiger partial charge in [0.25, 0.3) is 0 Å². The zero-order valence-electron chi connectivity index (χ0n) is 8.44. The molecule has 0 fully saturated rings. The molecule has 0 saturated heterocycles. The van der Waals surface area contributed by atoms with E-state index in [-0.39, 0.29) is 0 Å². The maximum atomic E-state index is 5.80. The van der Waals surface area contributed by atoms with Gasteiger partial charge in [0.05, 0.1) is 12.8 Å². The predicted molar refractivity (Wildman–Crippen MR) is 68.7 cm³/mol. The molecule has 1 aromatic heterocycles. The minimum atomic E-state index is 0.592. The molecule has 0 aliphatic heterocycles. The third-order valence-corrected chi connectivity index (χ3v) is 2.74. The molecule has 1 N–H and O–H groups in total. The number of halogens is 1. The Kier molecular flexibility index (Phi) is 3.59. The topological polar surface area (TPSA) is 25.2 Å². The molecule has 0 amide bonds. The Hall–Kier alpha value is -1.32. The van der Waals surface area contributed by atoms with Crippen molar-refractivity contribution in [3.63, 3.8) is 0 Å². The van der Waals surface area contributed by atoms with Crippen molar-refractivity contribution >= 4 is 28.8 Å². The molecule has 0 aliphatic rings. The lowest BCUT2D eigenvalue weighted by atomic mass is 10.2. The molecule has 0 spiro atoms. The van der Waals surface area contributed by atoms with Gasteiger partial charge in [0.15, 0.2) is 0 Å². The molecule has 2 nitrogen and oxygen atoms in total. The fourth-order valence-corrected chi connectivity index (χ4v) is 1.62. The zero-order chi connectivity index (χ0) is 11.4. The summed E-state index contributed by atoms with van der Waals surface area (Å²) >= 11 is 11.0. The first-order chi connectivity index (χ1) is 7.75. The van der Waals surface area contributed by atoms with Crippen LogP contribution in [-0.4, -0.2) is 4.99 Å². The molecule has 1 heterocycles. The lowest BCUT2D eigenvalue weighted by molar-refractivity contribution is 0.504. The van der Waals surface area contributed by atoms with E-state index in [4.69, 9.17) is 28.2 Å². The highest BCUT2D eigenvalue weighted by molar-refractivity contribution is 7.80. The van der Waals surface area contributed by atoms with Gasteiger partial charge in [0, 0.05) is 10.6 Å². The van der Waals surface area contributed by atoms with Crippen molar-refractivity contribution in [2.24, 2.45) is 0 Å². The number of hydrogen-bond donors (Lipinski definition) is 1. The van der Waals surface area contributed by atoms with Gasteiger partial charge in [0.2, 0.25) is 0 Å². The van der Waals surface area contributed by atoms with Gasteiger partial charge in [-0.1, -0.05) is 36.0 Å². The Labute approximate surface area is 104 Å². The summed E-state index contributed by atoms with van der Waals surface area (Å²) in [5, 5.41) is 3.82. The molecule has 82 valence electrons. The van der Waals surface area contributed by atoms with Crippen LogP contribution in [-0.2, 0) is 6.54 Å². The van der Waals surface area contributed by atoms with Crippen LogP contribution < -0.4 is 5.32 Å². The van der Waals surface area contributed by atoms with E-state index in [0.29, 0.717) is 16.6 Å². The first kappa shape index (κ1) is 11.2. The fourth-order valence-electron chi connectivity index (χ4n) is 1.28. The molecular weight excluding hydrogens is 242 g/mol. The lowest BCUT2D eigenvalue weighted by Crippen LogP contribution is -2.21. The number of hydrogen-bond acceptors (Lipinski definition) is 2. The molecule has 0 unspecified atom stereocenters. The maximum Gasteiger partial charge on any atom is 0.122 e. The van der Waals surface area contributed by atoms with E-state index in [1.165, 1.54) is 0 Å². The van der Waals surface area contributed by atoms with Gasteiger partial charge in [-0.25, -0.2) is 0 Å². The maximum absolute atomic E-state index is 5.80. The number of benzene rings is 1. The molecule has 1 aromatic carbocycles. The minimum Gasteiger partial charge on any atom is -0.467 e. The quantitative estimate of drug-likeness (QED) is 0.847. The Bertz CT molecular complexity index is 464. The average molecular weight is 252 g/mol. The highest BCUT2D eigenvalue weighted by atomic mass is 35.5. The summed E-state index contributed by atoms with van der Waals surface area (Å²) in [4.78, 5) is 0.688. The first-order valence-electron chi connectivity index (χ1n) is 4.82. The van der Waals surface area contributed by atoms with Crippen LogP contribution in [0.2, 0.25) is 5.02 Å². The van der Waals surface area contributed by atoms with Gasteiger partial charge in [-0.05, 0) is 24.3 Å². The van der Waals surface area contributed by atoms with Gasteiger partial charge in [-0.3, -0.25) is 0 Å². The molecule has 2 aromatic rings. The van der Waals surface area contributed by atoms with Crippen LogP contribution in [0.4, 0.5) is 0 Å². The van der Waals surface area contributed by atoms with E-state index in [9.17, 15) is 0 Å². The van der Waals surface area contributed by atoms with Crippen molar-refractivity contribution < 1.29 is 4.42 Å². The van der Waals surface area contributed by atoms with Crippen LogP contribution in [0.15, 0.2) is 47.1 Å². The molecule has 16 heavy (non-hydrogen) atoms. The highest BCUT2D eigenvalue weighted by Crippen LogP contribution is 2.10. The first-order valence-corrected chi connectivity index (χ1v) is 5.60. The van der Waals surface area contributed by atoms with Crippen LogP contribution >= 0.6 is 23.8 Å². The van der Waals surface area contributed by atoms with Crippen molar-refractivity contribution in [3.8, 4) is 0 Å². The summed E-state index contributed by atoms with van der Waals surface area (Å²) in [6, 6.07) is 11.2. The Morgan fingerprint density at radius 3 is 2.62 bits per heavy atom. The van der Waals surface area contributed by atoms with E-state index < -0.39 is 0 Å². The second kappa shape index (κ2) is 5.14. The summed E-state index contributed by atoms with van der Waals surface area (Å²) in [6.07, 6.45) is 1.64. The van der Waals surface area contributed by atoms with Crippen LogP contribution in [0.1, 0.15) is 11.3 Å². The smallest absolute Gasteiger partial charge is 0.122 e. The highest BCUT2D eigenvalue weighted by Gasteiger charge is 2.01. The summed E-state index contributed by atoms with van der Waals surface area (Å²) in [6.45, 7) is 0.592. The Morgan fingerprint density at radius 1 is 1.25 bits per heavy atom. The standard InChI is InChI=1S/C12H10ClNOS/c13-10-5-3-9(4-6-10)12(16)14-8-11-2-1-7-15-11/h1-7H,8H2,(H,14,16). The molecular formula is C12H10ClNOS. The third kappa shape index (κ3) is 2.84. The van der Waals surface area contributed by atoms with Gasteiger partial charge in [-0.15, -0.1) is 0 Å². The molecule has 0 aliphatic carbocycles. The second-order valence-corrected chi connectivity index (χ2v) is 4.11. The van der Waals surface area contributed by atoms with Gasteiger partial charge >= 0.3 is 0 Å². The molecule has 0 radical (unpaired) electrons. The molecule has 4 heteroatoms. The van der Waals surface area contributed by atoms with Crippen molar-refractivity contribution in [2.45, 2.75) is 6.54 Å². The number of nitrogens with one attached hydrogen (secondary N) is 1. The molecule has 0 saturated carbocycles. The van der Waals surface area contributed by atoms with Crippen molar-refractivity contribution in [3.05, 3.63) is 59.0 Å². The number of furan rings is 1. The second-order valence-electron chi connectivity index (χ2n) is 3.27. The van der Waals surface area contributed by atoms with Crippen LogP contribution in [0.3, 0.4) is 0 Å². The van der Waals surface area contributed by atoms with E-state index in [0.717, 1.165) is 11.3 Å². The van der Waals surface area contributed by atoms with Crippen molar-refractivity contribution in [1.29, 1.82) is 0 Å². The van der Waals surface area contributed by atoms with E-state index >= 15 is 0 Å². The van der Waals surface area contributed by atoms with Crippen LogP contribution in [0, 0.1) is 0 Å². The summed E-state index contributed by atoms with van der Waals surface area (Å²) < 4.78 is 5.20. The van der Waals surface area contributed by atoms with Crippen molar-refractivity contribution in [1.82, 2.24) is 5.32 Å². The lowest BCUT2D eigenvalue weighted by Gasteiger charge is -2.06. The minimum absolute atomic E-state index is 0.592. The SMILES string of the molecule is S=C(NCc1ccco1)c1ccc(Cl)cc1. The largest absolute Gasteiger partial charge is 0.467 e. The fraction of sp³-hybridized carbons (Fsp3) is 0.0833.